The van der Waals surface area contributed by atoms with Crippen molar-refractivity contribution in [3.05, 3.63) is 0 Å². The molecular formula is C13H30N2. The highest BCUT2D eigenvalue weighted by Gasteiger charge is 2.18. The Bertz CT molecular complexity index is 164. The van der Waals surface area contributed by atoms with Gasteiger partial charge in [-0.15, -0.1) is 0 Å². The summed E-state index contributed by atoms with van der Waals surface area (Å²) >= 11 is 0. The second kappa shape index (κ2) is 6.49. The molecule has 2 heteroatoms. The summed E-state index contributed by atoms with van der Waals surface area (Å²) in [6.45, 7) is 13.3. The van der Waals surface area contributed by atoms with E-state index in [-0.39, 0.29) is 5.41 Å². The maximum Gasteiger partial charge on any atom is 0.00663 e. The number of hydrogen-bond donors (Lipinski definition) is 1. The van der Waals surface area contributed by atoms with Crippen molar-refractivity contribution in [1.82, 2.24) is 4.90 Å². The Morgan fingerprint density at radius 2 is 1.73 bits per heavy atom. The van der Waals surface area contributed by atoms with E-state index in [4.69, 9.17) is 5.73 Å². The largest absolute Gasteiger partial charge is 0.330 e. The van der Waals surface area contributed by atoms with Crippen LogP contribution in [0.15, 0.2) is 0 Å². The molecule has 2 N–H and O–H groups in total. The Morgan fingerprint density at radius 1 is 1.20 bits per heavy atom. The summed E-state index contributed by atoms with van der Waals surface area (Å²) in [5.74, 6) is 0.782. The van der Waals surface area contributed by atoms with E-state index in [0.717, 1.165) is 19.0 Å². The van der Waals surface area contributed by atoms with E-state index in [1.807, 2.05) is 0 Å². The van der Waals surface area contributed by atoms with E-state index in [0.29, 0.717) is 6.04 Å². The van der Waals surface area contributed by atoms with Gasteiger partial charge < -0.3 is 10.6 Å². The van der Waals surface area contributed by atoms with Gasteiger partial charge in [-0.1, -0.05) is 27.7 Å². The first-order chi connectivity index (χ1) is 6.78. The molecule has 1 unspecified atom stereocenters. The minimum Gasteiger partial charge on any atom is -0.330 e. The first-order valence-corrected chi connectivity index (χ1v) is 6.19. The molecule has 0 aliphatic heterocycles. The molecule has 0 aromatic carbocycles. The smallest absolute Gasteiger partial charge is 0.00663 e. The molecule has 0 aromatic heterocycles. The summed E-state index contributed by atoms with van der Waals surface area (Å²) in [5, 5.41) is 0. The Balaban J connectivity index is 3.87. The minimum atomic E-state index is 0.284. The van der Waals surface area contributed by atoms with Gasteiger partial charge in [0.05, 0.1) is 0 Å². The van der Waals surface area contributed by atoms with Crippen molar-refractivity contribution in [1.29, 1.82) is 0 Å². The third kappa shape index (κ3) is 6.91. The fraction of sp³-hybridized carbons (Fsp3) is 1.00. The van der Waals surface area contributed by atoms with Gasteiger partial charge in [0.1, 0.15) is 0 Å². The summed E-state index contributed by atoms with van der Waals surface area (Å²) in [6.07, 6.45) is 2.46. The molecule has 0 heterocycles. The first-order valence-electron chi connectivity index (χ1n) is 6.19. The number of nitrogens with two attached hydrogens (primary N) is 1. The third-order valence-corrected chi connectivity index (χ3v) is 3.26. The predicted molar refractivity (Wildman–Crippen MR) is 69.0 cm³/mol. The average Bonchev–Trinajstić information content (AvgIpc) is 2.13. The molecule has 0 saturated carbocycles. The number of hydrogen-bond acceptors (Lipinski definition) is 2. The molecule has 0 rings (SSSR count). The van der Waals surface area contributed by atoms with Gasteiger partial charge in [-0.25, -0.2) is 0 Å². The molecule has 15 heavy (non-hydrogen) atoms. The molecule has 1 atom stereocenters. The van der Waals surface area contributed by atoms with Crippen LogP contribution >= 0.6 is 0 Å². The van der Waals surface area contributed by atoms with Gasteiger partial charge in [0, 0.05) is 6.04 Å². The van der Waals surface area contributed by atoms with Gasteiger partial charge in [0.25, 0.3) is 0 Å². The van der Waals surface area contributed by atoms with Crippen molar-refractivity contribution in [2.24, 2.45) is 17.1 Å². The Hall–Kier alpha value is -0.0800. The zero-order valence-electron chi connectivity index (χ0n) is 11.5. The molecule has 0 fully saturated rings. The third-order valence-electron chi connectivity index (χ3n) is 3.26. The first kappa shape index (κ1) is 14.9. The summed E-state index contributed by atoms with van der Waals surface area (Å²) < 4.78 is 0. The van der Waals surface area contributed by atoms with Crippen LogP contribution in [0.25, 0.3) is 0 Å². The molecule has 2 nitrogen and oxygen atoms in total. The van der Waals surface area contributed by atoms with Gasteiger partial charge in [0.2, 0.25) is 0 Å². The van der Waals surface area contributed by atoms with Crippen LogP contribution in [0.3, 0.4) is 0 Å². The molecule has 0 aromatic rings. The van der Waals surface area contributed by atoms with E-state index >= 15 is 0 Å². The lowest BCUT2D eigenvalue weighted by molar-refractivity contribution is 0.193. The lowest BCUT2D eigenvalue weighted by atomic mass is 9.89. The predicted octanol–water partition coefficient (Wildman–Crippen LogP) is 2.73. The van der Waals surface area contributed by atoms with E-state index in [9.17, 15) is 0 Å². The lowest BCUT2D eigenvalue weighted by Gasteiger charge is -2.30. The zero-order valence-corrected chi connectivity index (χ0v) is 11.5. The van der Waals surface area contributed by atoms with E-state index in [1.54, 1.807) is 0 Å². The highest BCUT2D eigenvalue weighted by atomic mass is 15.1. The number of nitrogens with zero attached hydrogens (tertiary/aromatic N) is 1. The Labute approximate surface area is 96.2 Å². The van der Waals surface area contributed by atoms with Crippen molar-refractivity contribution in [2.75, 3.05) is 20.1 Å². The lowest BCUT2D eigenvalue weighted by Crippen LogP contribution is -2.35. The van der Waals surface area contributed by atoms with Crippen LogP contribution in [0.2, 0.25) is 0 Å². The van der Waals surface area contributed by atoms with Crippen LogP contribution in [0.1, 0.15) is 47.5 Å². The molecule has 0 spiro atoms. The van der Waals surface area contributed by atoms with Gasteiger partial charge in [-0.05, 0) is 51.2 Å². The van der Waals surface area contributed by atoms with Crippen molar-refractivity contribution >= 4 is 0 Å². The van der Waals surface area contributed by atoms with Gasteiger partial charge in [-0.3, -0.25) is 0 Å². The van der Waals surface area contributed by atoms with Crippen LogP contribution in [-0.4, -0.2) is 31.1 Å². The summed E-state index contributed by atoms with van der Waals surface area (Å²) in [5.41, 5.74) is 6.01. The van der Waals surface area contributed by atoms with E-state index in [2.05, 4.69) is 46.6 Å². The highest BCUT2D eigenvalue weighted by molar-refractivity contribution is 4.73. The summed E-state index contributed by atoms with van der Waals surface area (Å²) in [6, 6.07) is 0.679. The molecule has 0 radical (unpaired) electrons. The maximum atomic E-state index is 5.73. The molecule has 0 saturated heterocycles. The molecule has 0 aliphatic rings. The van der Waals surface area contributed by atoms with Crippen LogP contribution in [0, 0.1) is 11.3 Å². The Kier molecular flexibility index (Phi) is 6.46. The van der Waals surface area contributed by atoms with Crippen LogP contribution in [-0.2, 0) is 0 Å². The second-order valence-electron chi connectivity index (χ2n) is 6.08. The fourth-order valence-electron chi connectivity index (χ4n) is 1.66. The fourth-order valence-corrected chi connectivity index (χ4v) is 1.66. The molecule has 0 amide bonds. The maximum absolute atomic E-state index is 5.73. The van der Waals surface area contributed by atoms with Crippen LogP contribution in [0.5, 0.6) is 0 Å². The van der Waals surface area contributed by atoms with Crippen molar-refractivity contribution in [2.45, 2.75) is 53.5 Å². The van der Waals surface area contributed by atoms with Gasteiger partial charge in [-0.2, -0.15) is 0 Å². The molecule has 92 valence electrons. The second-order valence-corrected chi connectivity index (χ2v) is 6.08. The molecule has 0 aliphatic carbocycles. The SMILES string of the molecule is CC(C)CC(C)N(C)CCC(C)(C)CN. The normalized spacial score (nSPS) is 15.0. The molecule has 0 bridgehead atoms. The van der Waals surface area contributed by atoms with Gasteiger partial charge >= 0.3 is 0 Å². The van der Waals surface area contributed by atoms with Crippen molar-refractivity contribution < 1.29 is 0 Å². The monoisotopic (exact) mass is 214 g/mol. The minimum absolute atomic E-state index is 0.284. The summed E-state index contributed by atoms with van der Waals surface area (Å²) in [4.78, 5) is 2.46. The van der Waals surface area contributed by atoms with E-state index in [1.165, 1.54) is 12.8 Å². The van der Waals surface area contributed by atoms with Crippen LogP contribution in [0.4, 0.5) is 0 Å². The standard InChI is InChI=1S/C13H30N2/c1-11(2)9-12(3)15(6)8-7-13(4,5)10-14/h11-12H,7-10,14H2,1-6H3. The van der Waals surface area contributed by atoms with Crippen molar-refractivity contribution in [3.63, 3.8) is 0 Å². The highest BCUT2D eigenvalue weighted by Crippen LogP contribution is 2.19. The topological polar surface area (TPSA) is 29.3 Å². The number of rotatable bonds is 7. The van der Waals surface area contributed by atoms with E-state index < -0.39 is 0 Å². The van der Waals surface area contributed by atoms with Gasteiger partial charge in [0.15, 0.2) is 0 Å². The molecular weight excluding hydrogens is 184 g/mol. The summed E-state index contributed by atoms with van der Waals surface area (Å²) in [7, 11) is 2.22. The quantitative estimate of drug-likeness (QED) is 0.706. The van der Waals surface area contributed by atoms with Crippen LogP contribution < -0.4 is 5.73 Å². The Morgan fingerprint density at radius 3 is 2.13 bits per heavy atom. The zero-order chi connectivity index (χ0) is 12.1. The average molecular weight is 214 g/mol. The van der Waals surface area contributed by atoms with Crippen molar-refractivity contribution in [3.8, 4) is 0 Å².